The van der Waals surface area contributed by atoms with Crippen molar-refractivity contribution in [3.63, 3.8) is 0 Å². The number of benzene rings is 1. The molecule has 0 spiro atoms. The van der Waals surface area contributed by atoms with Crippen molar-refractivity contribution in [2.24, 2.45) is 11.8 Å². The number of nitrogens with zero attached hydrogens (tertiary/aromatic N) is 7. The molecule has 0 radical (unpaired) electrons. The van der Waals surface area contributed by atoms with Gasteiger partial charge in [0.15, 0.2) is 11.0 Å². The molecule has 0 saturated carbocycles. The summed E-state index contributed by atoms with van der Waals surface area (Å²) < 4.78 is 27.4. The first-order valence-corrected chi connectivity index (χ1v) is 17.2. The SMILES string of the molecule is CC(C)[C@@H](COc1nc(N2CC3CCC(C2)N3C(=O)OC(C)(C)C)c2cnc(Cl)c(F)c2n1)CN1CCN(Cc2ccccc2)CC1. The molecule has 0 aliphatic carbocycles. The Balaban J connectivity index is 1.15. The molecule has 3 aromatic rings. The van der Waals surface area contributed by atoms with Crippen LogP contribution in [0.3, 0.4) is 0 Å². The fourth-order valence-electron chi connectivity index (χ4n) is 6.93. The quantitative estimate of drug-likeness (QED) is 0.260. The van der Waals surface area contributed by atoms with Crippen LogP contribution >= 0.6 is 11.6 Å². The van der Waals surface area contributed by atoms with E-state index in [2.05, 4.69) is 68.8 Å². The van der Waals surface area contributed by atoms with Crippen LogP contribution in [0.4, 0.5) is 15.0 Å². The predicted octanol–water partition coefficient (Wildman–Crippen LogP) is 5.87. The van der Waals surface area contributed by atoms with Gasteiger partial charge in [-0.3, -0.25) is 9.80 Å². The molecule has 2 bridgehead atoms. The third-order valence-corrected chi connectivity index (χ3v) is 9.83. The van der Waals surface area contributed by atoms with Gasteiger partial charge in [0.2, 0.25) is 0 Å². The van der Waals surface area contributed by atoms with Gasteiger partial charge >= 0.3 is 12.1 Å². The van der Waals surface area contributed by atoms with Crippen molar-refractivity contribution in [2.75, 3.05) is 57.3 Å². The van der Waals surface area contributed by atoms with Gasteiger partial charge in [0.1, 0.15) is 16.9 Å². The van der Waals surface area contributed by atoms with Crippen LogP contribution in [-0.4, -0.2) is 106 Å². The number of carbonyl (C=O) groups excluding carboxylic acids is 1. The van der Waals surface area contributed by atoms with E-state index in [-0.39, 0.29) is 40.8 Å². The van der Waals surface area contributed by atoms with Gasteiger partial charge in [0.05, 0.1) is 24.1 Å². The van der Waals surface area contributed by atoms with E-state index in [1.165, 1.54) is 11.8 Å². The highest BCUT2D eigenvalue weighted by Crippen LogP contribution is 2.37. The fourth-order valence-corrected chi connectivity index (χ4v) is 7.07. The van der Waals surface area contributed by atoms with Crippen molar-refractivity contribution >= 4 is 34.4 Å². The van der Waals surface area contributed by atoms with Gasteiger partial charge in [0.25, 0.3) is 0 Å². The molecule has 1 amide bonds. The summed E-state index contributed by atoms with van der Waals surface area (Å²) in [4.78, 5) is 35.4. The maximum atomic E-state index is 15.4. The Morgan fingerprint density at radius 1 is 1.02 bits per heavy atom. The van der Waals surface area contributed by atoms with E-state index in [1.807, 2.05) is 25.7 Å². The number of piperazine rings is 2. The van der Waals surface area contributed by atoms with Crippen molar-refractivity contribution in [3.8, 4) is 6.01 Å². The molecule has 3 atom stereocenters. The van der Waals surface area contributed by atoms with Gasteiger partial charge in [-0.1, -0.05) is 55.8 Å². The zero-order valence-corrected chi connectivity index (χ0v) is 28.9. The number of halogens is 2. The molecule has 2 unspecified atom stereocenters. The Morgan fingerprint density at radius 3 is 2.32 bits per heavy atom. The minimum Gasteiger partial charge on any atom is -0.463 e. The molecule has 6 rings (SSSR count). The summed E-state index contributed by atoms with van der Waals surface area (Å²) in [5.74, 6) is 0.452. The Bertz CT molecular complexity index is 1530. The molecule has 3 aliphatic heterocycles. The molecule has 1 aromatic carbocycles. The summed E-state index contributed by atoms with van der Waals surface area (Å²) >= 11 is 6.11. The Kier molecular flexibility index (Phi) is 10.1. The molecular weight excluding hydrogens is 621 g/mol. The first-order chi connectivity index (χ1) is 22.4. The van der Waals surface area contributed by atoms with Gasteiger partial charge < -0.3 is 19.3 Å². The van der Waals surface area contributed by atoms with Crippen LogP contribution in [0.25, 0.3) is 10.9 Å². The molecule has 47 heavy (non-hydrogen) atoms. The van der Waals surface area contributed by atoms with Gasteiger partial charge in [-0.2, -0.15) is 9.97 Å². The maximum absolute atomic E-state index is 15.4. The summed E-state index contributed by atoms with van der Waals surface area (Å²) in [5.41, 5.74) is 0.855. The number of rotatable bonds is 9. The van der Waals surface area contributed by atoms with Crippen LogP contribution in [0.1, 0.15) is 53.0 Å². The van der Waals surface area contributed by atoms with E-state index in [0.29, 0.717) is 36.8 Å². The highest BCUT2D eigenvalue weighted by Gasteiger charge is 2.45. The van der Waals surface area contributed by atoms with Crippen molar-refractivity contribution in [3.05, 3.63) is 53.1 Å². The van der Waals surface area contributed by atoms with Crippen molar-refractivity contribution in [1.29, 1.82) is 0 Å². The van der Waals surface area contributed by atoms with Crippen LogP contribution in [0.2, 0.25) is 5.15 Å². The van der Waals surface area contributed by atoms with E-state index in [0.717, 1.165) is 52.1 Å². The molecule has 0 N–H and O–H groups in total. The van der Waals surface area contributed by atoms with E-state index >= 15 is 4.39 Å². The first kappa shape index (κ1) is 33.6. The smallest absolute Gasteiger partial charge is 0.410 e. The fraction of sp³-hybridized carbons (Fsp3) is 0.600. The highest BCUT2D eigenvalue weighted by molar-refractivity contribution is 6.30. The van der Waals surface area contributed by atoms with Crippen molar-refractivity contribution < 1.29 is 18.7 Å². The predicted molar refractivity (Wildman–Crippen MR) is 181 cm³/mol. The van der Waals surface area contributed by atoms with Gasteiger partial charge in [-0.05, 0) is 45.1 Å². The number of hydrogen-bond acceptors (Lipinski definition) is 9. The van der Waals surface area contributed by atoms with Crippen LogP contribution in [-0.2, 0) is 11.3 Å². The van der Waals surface area contributed by atoms with Crippen LogP contribution < -0.4 is 9.64 Å². The second kappa shape index (κ2) is 14.1. The number of aromatic nitrogens is 3. The zero-order chi connectivity index (χ0) is 33.3. The van der Waals surface area contributed by atoms with E-state index in [4.69, 9.17) is 26.1 Å². The lowest BCUT2D eigenvalue weighted by atomic mass is 9.96. The molecule has 254 valence electrons. The van der Waals surface area contributed by atoms with Crippen molar-refractivity contribution in [2.45, 2.75) is 71.7 Å². The Morgan fingerprint density at radius 2 is 1.68 bits per heavy atom. The Labute approximate surface area is 282 Å². The second-order valence-corrected chi connectivity index (χ2v) is 14.9. The molecule has 5 heterocycles. The molecule has 3 saturated heterocycles. The molecular formula is C35H47ClFN7O3. The number of anilines is 1. The average molecular weight is 668 g/mol. The number of fused-ring (bicyclic) bond motifs is 3. The summed E-state index contributed by atoms with van der Waals surface area (Å²) in [7, 11) is 0. The Hall–Kier alpha value is -3.28. The number of ether oxygens (including phenoxy) is 2. The molecule has 3 aliphatic rings. The monoisotopic (exact) mass is 667 g/mol. The van der Waals surface area contributed by atoms with E-state index < -0.39 is 11.4 Å². The van der Waals surface area contributed by atoms with Gasteiger partial charge in [-0.25, -0.2) is 14.2 Å². The standard InChI is InChI=1S/C35H47ClFN7O3/c1-23(2)25(19-42-15-13-41(14-16-42)18-24-9-7-6-8-10-24)22-46-33-39-30-28(17-38-31(36)29(30)37)32(40-33)43-20-26-11-12-27(21-43)44(26)34(45)47-35(3,4)5/h6-10,17,23,25-27H,11-16,18-22H2,1-5H3/t25-,26?,27?/m1/s1. The van der Waals surface area contributed by atoms with Gasteiger partial charge in [-0.15, -0.1) is 0 Å². The topological polar surface area (TPSA) is 87.2 Å². The molecule has 3 fully saturated rings. The van der Waals surface area contributed by atoms with Crippen LogP contribution in [0, 0.1) is 17.7 Å². The summed E-state index contributed by atoms with van der Waals surface area (Å²) in [6, 6.07) is 10.7. The van der Waals surface area contributed by atoms with Crippen molar-refractivity contribution in [1.82, 2.24) is 29.7 Å². The lowest BCUT2D eigenvalue weighted by Gasteiger charge is -2.42. The van der Waals surface area contributed by atoms with Crippen LogP contribution in [0.5, 0.6) is 6.01 Å². The maximum Gasteiger partial charge on any atom is 0.410 e. The third-order valence-electron chi connectivity index (χ3n) is 9.56. The highest BCUT2D eigenvalue weighted by atomic mass is 35.5. The lowest BCUT2D eigenvalue weighted by Crippen LogP contribution is -2.57. The largest absolute Gasteiger partial charge is 0.463 e. The minimum absolute atomic E-state index is 0.0402. The number of carbonyl (C=O) groups is 1. The summed E-state index contributed by atoms with van der Waals surface area (Å²) in [6.45, 7) is 17.4. The second-order valence-electron chi connectivity index (χ2n) is 14.5. The number of amides is 1. The van der Waals surface area contributed by atoms with E-state index in [1.54, 1.807) is 0 Å². The van der Waals surface area contributed by atoms with Crippen LogP contribution in [0.15, 0.2) is 36.5 Å². The molecule has 10 nitrogen and oxygen atoms in total. The lowest BCUT2D eigenvalue weighted by molar-refractivity contribution is 0.0122. The van der Waals surface area contributed by atoms with E-state index in [9.17, 15) is 4.79 Å². The third kappa shape index (κ3) is 7.90. The number of hydrogen-bond donors (Lipinski definition) is 0. The molecule has 12 heteroatoms. The normalized spacial score (nSPS) is 21.4. The molecule has 2 aromatic heterocycles. The first-order valence-electron chi connectivity index (χ1n) is 16.8. The summed E-state index contributed by atoms with van der Waals surface area (Å²) in [6.07, 6.45) is 2.96. The number of pyridine rings is 1. The summed E-state index contributed by atoms with van der Waals surface area (Å²) in [5, 5.41) is 0.229. The zero-order valence-electron chi connectivity index (χ0n) is 28.2. The average Bonchev–Trinajstić information content (AvgIpc) is 3.30. The minimum atomic E-state index is -0.693. The van der Waals surface area contributed by atoms with Gasteiger partial charge in [0, 0.05) is 64.5 Å².